The highest BCUT2D eigenvalue weighted by Gasteiger charge is 2.14. The summed E-state index contributed by atoms with van der Waals surface area (Å²) in [7, 11) is 1.53. The van der Waals surface area contributed by atoms with Gasteiger partial charge in [0.25, 0.3) is 0 Å². The van der Waals surface area contributed by atoms with Gasteiger partial charge in [-0.25, -0.2) is 4.79 Å². The second-order valence-corrected chi connectivity index (χ2v) is 4.98. The number of urea groups is 1. The fourth-order valence-electron chi connectivity index (χ4n) is 1.97. The minimum Gasteiger partial charge on any atom is -0.496 e. The van der Waals surface area contributed by atoms with Crippen molar-refractivity contribution in [2.75, 3.05) is 19.0 Å². The Balaban J connectivity index is 1.92. The van der Waals surface area contributed by atoms with Crippen LogP contribution >= 0.6 is 11.6 Å². The van der Waals surface area contributed by atoms with Gasteiger partial charge in [0.1, 0.15) is 5.75 Å². The van der Waals surface area contributed by atoms with Crippen LogP contribution in [-0.4, -0.2) is 24.8 Å². The van der Waals surface area contributed by atoms with E-state index in [0.29, 0.717) is 22.0 Å². The Morgan fingerprint density at radius 1 is 1.23 bits per heavy atom. The lowest BCUT2D eigenvalue weighted by Crippen LogP contribution is -2.32. The number of amides is 2. The lowest BCUT2D eigenvalue weighted by atomic mass is 10.1. The number of methoxy groups -OCH3 is 1. The highest BCUT2D eigenvalue weighted by atomic mass is 35.5. The second kappa shape index (κ2) is 7.68. The summed E-state index contributed by atoms with van der Waals surface area (Å²) in [5.74, 6) is 0.573. The zero-order valence-corrected chi connectivity index (χ0v) is 12.8. The van der Waals surface area contributed by atoms with E-state index in [2.05, 4.69) is 10.6 Å². The first kappa shape index (κ1) is 16.1. The Hall–Kier alpha value is -2.24. The van der Waals surface area contributed by atoms with Gasteiger partial charge in [0, 0.05) is 12.1 Å². The standard InChI is InChI=1S/C16H17ClN2O3/c1-22-15-9-5-2-6-11(15)14(20)10-18-16(21)19-13-8-4-3-7-12(13)17/h2-9,14,20H,10H2,1H3,(H2,18,19,21)/t14-/m0/s1. The number of halogens is 1. The van der Waals surface area contributed by atoms with Crippen LogP contribution in [0.3, 0.4) is 0 Å². The molecule has 2 aromatic carbocycles. The smallest absolute Gasteiger partial charge is 0.319 e. The molecule has 116 valence electrons. The molecule has 0 saturated heterocycles. The minimum absolute atomic E-state index is 0.0522. The van der Waals surface area contributed by atoms with E-state index in [-0.39, 0.29) is 6.54 Å². The lowest BCUT2D eigenvalue weighted by Gasteiger charge is -2.16. The van der Waals surface area contributed by atoms with Gasteiger partial charge in [0.15, 0.2) is 0 Å². The van der Waals surface area contributed by atoms with E-state index in [0.717, 1.165) is 0 Å². The van der Waals surface area contributed by atoms with Crippen molar-refractivity contribution in [1.29, 1.82) is 0 Å². The van der Waals surface area contributed by atoms with Crippen LogP contribution in [0, 0.1) is 0 Å². The topological polar surface area (TPSA) is 70.6 Å². The minimum atomic E-state index is -0.867. The highest BCUT2D eigenvalue weighted by molar-refractivity contribution is 6.33. The molecule has 0 aliphatic heterocycles. The zero-order valence-electron chi connectivity index (χ0n) is 12.0. The molecule has 22 heavy (non-hydrogen) atoms. The van der Waals surface area contributed by atoms with Gasteiger partial charge in [-0.1, -0.05) is 41.9 Å². The molecular formula is C16H17ClN2O3. The first-order valence-electron chi connectivity index (χ1n) is 6.72. The van der Waals surface area contributed by atoms with Crippen LogP contribution in [0.15, 0.2) is 48.5 Å². The average Bonchev–Trinajstić information content (AvgIpc) is 2.54. The molecule has 0 radical (unpaired) electrons. The Labute approximate surface area is 133 Å². The SMILES string of the molecule is COc1ccccc1[C@@H](O)CNC(=O)Nc1ccccc1Cl. The largest absolute Gasteiger partial charge is 0.496 e. The normalized spacial score (nSPS) is 11.6. The molecule has 0 aliphatic carbocycles. The molecule has 0 spiro atoms. The molecule has 2 aromatic rings. The molecule has 0 aromatic heterocycles. The van der Waals surface area contributed by atoms with Crippen molar-refractivity contribution in [3.8, 4) is 5.75 Å². The lowest BCUT2D eigenvalue weighted by molar-refractivity contribution is 0.171. The molecule has 0 fully saturated rings. The molecule has 0 aliphatic rings. The number of benzene rings is 2. The van der Waals surface area contributed by atoms with E-state index < -0.39 is 12.1 Å². The third kappa shape index (κ3) is 4.13. The third-order valence-corrected chi connectivity index (χ3v) is 3.41. The fourth-order valence-corrected chi connectivity index (χ4v) is 2.15. The van der Waals surface area contributed by atoms with Gasteiger partial charge in [-0.05, 0) is 18.2 Å². The molecule has 3 N–H and O–H groups in total. The molecule has 2 amide bonds. The number of nitrogens with one attached hydrogen (secondary N) is 2. The quantitative estimate of drug-likeness (QED) is 0.792. The molecule has 5 nitrogen and oxygen atoms in total. The van der Waals surface area contributed by atoms with Gasteiger partial charge in [-0.2, -0.15) is 0 Å². The van der Waals surface area contributed by atoms with Gasteiger partial charge < -0.3 is 20.5 Å². The molecule has 0 bridgehead atoms. The highest BCUT2D eigenvalue weighted by Crippen LogP contribution is 2.24. The summed E-state index contributed by atoms with van der Waals surface area (Å²) in [5, 5.41) is 15.8. The molecule has 0 unspecified atom stereocenters. The monoisotopic (exact) mass is 320 g/mol. The number of ether oxygens (including phenoxy) is 1. The van der Waals surface area contributed by atoms with Crippen molar-refractivity contribution in [3.05, 3.63) is 59.1 Å². The molecule has 0 heterocycles. The Morgan fingerprint density at radius 2 is 1.91 bits per heavy atom. The van der Waals surface area contributed by atoms with Crippen molar-refractivity contribution in [2.45, 2.75) is 6.10 Å². The maximum Gasteiger partial charge on any atom is 0.319 e. The van der Waals surface area contributed by atoms with E-state index in [4.69, 9.17) is 16.3 Å². The van der Waals surface area contributed by atoms with Crippen molar-refractivity contribution in [1.82, 2.24) is 5.32 Å². The van der Waals surface area contributed by atoms with Crippen LogP contribution in [0.5, 0.6) is 5.75 Å². The summed E-state index contributed by atoms with van der Waals surface area (Å²) in [6.07, 6.45) is -0.867. The van der Waals surface area contributed by atoms with Crippen LogP contribution in [0.2, 0.25) is 5.02 Å². The summed E-state index contributed by atoms with van der Waals surface area (Å²) in [6, 6.07) is 13.6. The summed E-state index contributed by atoms with van der Waals surface area (Å²) < 4.78 is 5.18. The van der Waals surface area contributed by atoms with Gasteiger partial charge in [0.05, 0.1) is 23.9 Å². The number of carbonyl (C=O) groups excluding carboxylic acids is 1. The predicted molar refractivity (Wildman–Crippen MR) is 86.4 cm³/mol. The van der Waals surface area contributed by atoms with E-state index in [1.54, 1.807) is 42.5 Å². The predicted octanol–water partition coefficient (Wildman–Crippen LogP) is 3.20. The van der Waals surface area contributed by atoms with E-state index in [9.17, 15) is 9.90 Å². The van der Waals surface area contributed by atoms with Gasteiger partial charge >= 0.3 is 6.03 Å². The van der Waals surface area contributed by atoms with E-state index in [1.807, 2.05) is 6.07 Å². The van der Waals surface area contributed by atoms with Crippen molar-refractivity contribution < 1.29 is 14.6 Å². The van der Waals surface area contributed by atoms with Crippen molar-refractivity contribution >= 4 is 23.3 Å². The first-order chi connectivity index (χ1) is 10.6. The molecule has 0 saturated carbocycles. The van der Waals surface area contributed by atoms with Gasteiger partial charge in [-0.3, -0.25) is 0 Å². The number of para-hydroxylation sites is 2. The van der Waals surface area contributed by atoms with E-state index in [1.165, 1.54) is 7.11 Å². The van der Waals surface area contributed by atoms with Crippen molar-refractivity contribution in [3.63, 3.8) is 0 Å². The first-order valence-corrected chi connectivity index (χ1v) is 7.10. The zero-order chi connectivity index (χ0) is 15.9. The summed E-state index contributed by atoms with van der Waals surface area (Å²) in [6.45, 7) is 0.0522. The molecule has 1 atom stereocenters. The Kier molecular flexibility index (Phi) is 5.63. The number of hydrogen-bond donors (Lipinski definition) is 3. The Bertz CT molecular complexity index is 649. The van der Waals surface area contributed by atoms with Crippen LogP contribution in [0.25, 0.3) is 0 Å². The van der Waals surface area contributed by atoms with Gasteiger partial charge in [-0.15, -0.1) is 0 Å². The third-order valence-electron chi connectivity index (χ3n) is 3.08. The number of aliphatic hydroxyl groups is 1. The number of rotatable bonds is 5. The molecule has 2 rings (SSSR count). The Morgan fingerprint density at radius 3 is 2.64 bits per heavy atom. The fraction of sp³-hybridized carbons (Fsp3) is 0.188. The number of hydrogen-bond acceptors (Lipinski definition) is 3. The number of aliphatic hydroxyl groups excluding tert-OH is 1. The summed E-state index contributed by atoms with van der Waals surface area (Å²) in [5.41, 5.74) is 1.12. The summed E-state index contributed by atoms with van der Waals surface area (Å²) >= 11 is 5.96. The second-order valence-electron chi connectivity index (χ2n) is 4.57. The maximum atomic E-state index is 11.8. The number of carbonyl (C=O) groups is 1. The maximum absolute atomic E-state index is 11.8. The van der Waals surface area contributed by atoms with Gasteiger partial charge in [0.2, 0.25) is 0 Å². The van der Waals surface area contributed by atoms with Crippen LogP contribution in [0.4, 0.5) is 10.5 Å². The van der Waals surface area contributed by atoms with Crippen molar-refractivity contribution in [2.24, 2.45) is 0 Å². The van der Waals surface area contributed by atoms with Crippen LogP contribution in [-0.2, 0) is 0 Å². The molecule has 6 heteroatoms. The number of anilines is 1. The van der Waals surface area contributed by atoms with E-state index >= 15 is 0 Å². The average molecular weight is 321 g/mol. The van der Waals surface area contributed by atoms with Crippen LogP contribution < -0.4 is 15.4 Å². The van der Waals surface area contributed by atoms with Crippen LogP contribution in [0.1, 0.15) is 11.7 Å². The summed E-state index contributed by atoms with van der Waals surface area (Å²) in [4.78, 5) is 11.8. The molecular weight excluding hydrogens is 304 g/mol.